The lowest BCUT2D eigenvalue weighted by atomic mass is 9.93. The molecule has 2 aromatic rings. The van der Waals surface area contributed by atoms with Gasteiger partial charge in [-0.1, -0.05) is 67.8 Å². The van der Waals surface area contributed by atoms with Crippen molar-refractivity contribution in [2.24, 2.45) is 5.92 Å². The van der Waals surface area contributed by atoms with E-state index in [1.807, 2.05) is 24.3 Å². The van der Waals surface area contributed by atoms with Crippen molar-refractivity contribution in [3.63, 3.8) is 0 Å². The number of rotatable bonds is 7. The van der Waals surface area contributed by atoms with Gasteiger partial charge in [0.25, 0.3) is 0 Å². The zero-order valence-electron chi connectivity index (χ0n) is 19.5. The Morgan fingerprint density at radius 2 is 1.59 bits per heavy atom. The number of nitrogens with one attached hydrogen (secondary N) is 2. The summed E-state index contributed by atoms with van der Waals surface area (Å²) >= 11 is 0. The topological polar surface area (TPSA) is 105 Å². The first-order valence-electron chi connectivity index (χ1n) is 12.1. The molecule has 4 rings (SSSR count). The van der Waals surface area contributed by atoms with Crippen LogP contribution >= 0.6 is 0 Å². The zero-order chi connectivity index (χ0) is 24.1. The van der Waals surface area contributed by atoms with E-state index in [2.05, 4.69) is 34.9 Å². The Labute approximate surface area is 199 Å². The summed E-state index contributed by atoms with van der Waals surface area (Å²) in [7, 11) is 0. The number of benzene rings is 2. The first-order valence-corrected chi connectivity index (χ1v) is 12.1. The van der Waals surface area contributed by atoms with E-state index in [0.717, 1.165) is 30.4 Å². The molecule has 3 N–H and O–H groups in total. The van der Waals surface area contributed by atoms with Crippen molar-refractivity contribution in [2.45, 2.75) is 63.5 Å². The van der Waals surface area contributed by atoms with Crippen LogP contribution in [0, 0.1) is 5.92 Å². The average molecular weight is 465 g/mol. The minimum atomic E-state index is -0.957. The van der Waals surface area contributed by atoms with Gasteiger partial charge in [-0.05, 0) is 42.0 Å². The van der Waals surface area contributed by atoms with Gasteiger partial charge in [-0.2, -0.15) is 0 Å². The molecule has 3 atom stereocenters. The molecular weight excluding hydrogens is 432 g/mol. The first kappa shape index (κ1) is 23.8. The molecule has 1 saturated carbocycles. The van der Waals surface area contributed by atoms with Gasteiger partial charge >= 0.3 is 12.1 Å². The van der Waals surface area contributed by atoms with E-state index in [1.54, 1.807) is 6.92 Å². The van der Waals surface area contributed by atoms with Gasteiger partial charge in [-0.25, -0.2) is 4.79 Å². The number of alkyl carbamates (subject to hydrolysis) is 1. The van der Waals surface area contributed by atoms with Gasteiger partial charge in [0, 0.05) is 18.0 Å². The van der Waals surface area contributed by atoms with Crippen LogP contribution in [0.15, 0.2) is 48.5 Å². The second kappa shape index (κ2) is 10.7. The van der Waals surface area contributed by atoms with Crippen LogP contribution in [0.25, 0.3) is 11.1 Å². The molecule has 1 fully saturated rings. The van der Waals surface area contributed by atoms with E-state index in [9.17, 15) is 14.4 Å². The largest absolute Gasteiger partial charge is 0.481 e. The van der Waals surface area contributed by atoms with E-state index in [4.69, 9.17) is 9.84 Å². The summed E-state index contributed by atoms with van der Waals surface area (Å²) in [6.45, 7) is 1.90. The van der Waals surface area contributed by atoms with Gasteiger partial charge in [0.15, 0.2) is 0 Å². The van der Waals surface area contributed by atoms with Crippen LogP contribution in [0.2, 0.25) is 0 Å². The van der Waals surface area contributed by atoms with Crippen LogP contribution in [-0.2, 0) is 14.3 Å². The van der Waals surface area contributed by atoms with Gasteiger partial charge in [0.2, 0.25) is 5.91 Å². The van der Waals surface area contributed by atoms with Crippen molar-refractivity contribution in [1.82, 2.24) is 10.6 Å². The van der Waals surface area contributed by atoms with Crippen LogP contribution in [0.5, 0.6) is 0 Å². The number of carboxylic acids is 1. The summed E-state index contributed by atoms with van der Waals surface area (Å²) in [5.41, 5.74) is 4.64. The summed E-state index contributed by atoms with van der Waals surface area (Å²) in [5.74, 6) is -1.59. The molecule has 7 heteroatoms. The molecule has 2 amide bonds. The number of fused-ring (bicyclic) bond motifs is 3. The lowest BCUT2D eigenvalue weighted by molar-refractivity contribution is -0.137. The Morgan fingerprint density at radius 3 is 2.24 bits per heavy atom. The van der Waals surface area contributed by atoms with Crippen molar-refractivity contribution >= 4 is 18.0 Å². The maximum atomic E-state index is 12.9. The molecule has 2 aliphatic rings. The van der Waals surface area contributed by atoms with Crippen LogP contribution in [0.1, 0.15) is 62.5 Å². The predicted molar refractivity (Wildman–Crippen MR) is 128 cm³/mol. The summed E-state index contributed by atoms with van der Waals surface area (Å²) in [6.07, 6.45) is 3.50. The Bertz CT molecular complexity index is 1010. The van der Waals surface area contributed by atoms with Gasteiger partial charge in [0.1, 0.15) is 6.61 Å². The van der Waals surface area contributed by atoms with Crippen molar-refractivity contribution in [3.05, 3.63) is 59.7 Å². The molecule has 34 heavy (non-hydrogen) atoms. The summed E-state index contributed by atoms with van der Waals surface area (Å²) in [4.78, 5) is 36.6. The molecule has 0 bridgehead atoms. The van der Waals surface area contributed by atoms with E-state index in [0.29, 0.717) is 12.8 Å². The molecule has 0 heterocycles. The molecule has 7 nitrogen and oxygen atoms in total. The quantitative estimate of drug-likeness (QED) is 0.525. The highest BCUT2D eigenvalue weighted by Crippen LogP contribution is 2.44. The number of carboxylic acid groups (broad SMARTS) is 1. The van der Waals surface area contributed by atoms with Gasteiger partial charge in [0.05, 0.1) is 12.3 Å². The third kappa shape index (κ3) is 5.41. The number of hydrogen-bond donors (Lipinski definition) is 3. The van der Waals surface area contributed by atoms with Crippen LogP contribution < -0.4 is 10.6 Å². The third-order valence-corrected chi connectivity index (χ3v) is 6.87. The Morgan fingerprint density at radius 1 is 0.971 bits per heavy atom. The minimum Gasteiger partial charge on any atom is -0.481 e. The number of hydrogen-bond acceptors (Lipinski definition) is 4. The van der Waals surface area contributed by atoms with E-state index in [-0.39, 0.29) is 30.9 Å². The molecule has 2 aromatic carbocycles. The fraction of sp³-hybridized carbons (Fsp3) is 0.444. The summed E-state index contributed by atoms with van der Waals surface area (Å²) in [6, 6.07) is 15.5. The molecule has 0 radical (unpaired) electrons. The third-order valence-electron chi connectivity index (χ3n) is 6.87. The van der Waals surface area contributed by atoms with Crippen LogP contribution in [-0.4, -0.2) is 41.8 Å². The second-order valence-corrected chi connectivity index (χ2v) is 9.33. The zero-order valence-corrected chi connectivity index (χ0v) is 19.5. The molecule has 0 saturated heterocycles. The average Bonchev–Trinajstić information content (AvgIpc) is 2.94. The maximum absolute atomic E-state index is 12.9. The van der Waals surface area contributed by atoms with Crippen molar-refractivity contribution in [2.75, 3.05) is 6.61 Å². The number of amides is 2. The highest BCUT2D eigenvalue weighted by atomic mass is 16.5. The predicted octanol–water partition coefficient (Wildman–Crippen LogP) is 4.45. The van der Waals surface area contributed by atoms with E-state index in [1.165, 1.54) is 11.1 Å². The van der Waals surface area contributed by atoms with Gasteiger partial charge < -0.3 is 20.5 Å². The molecule has 180 valence electrons. The smallest absolute Gasteiger partial charge is 0.407 e. The number of carbonyl (C=O) groups is 3. The Balaban J connectivity index is 1.39. The number of carbonyl (C=O) groups excluding carboxylic acids is 2. The highest BCUT2D eigenvalue weighted by Gasteiger charge is 2.33. The fourth-order valence-corrected chi connectivity index (χ4v) is 5.25. The van der Waals surface area contributed by atoms with Crippen molar-refractivity contribution < 1.29 is 24.2 Å². The summed E-state index contributed by atoms with van der Waals surface area (Å²) < 4.78 is 5.69. The molecule has 0 aromatic heterocycles. The lowest BCUT2D eigenvalue weighted by Crippen LogP contribution is -2.48. The molecule has 0 unspecified atom stereocenters. The summed E-state index contributed by atoms with van der Waals surface area (Å²) in [5, 5.41) is 14.7. The van der Waals surface area contributed by atoms with Gasteiger partial charge in [-0.15, -0.1) is 0 Å². The number of aliphatic carboxylic acids is 1. The standard InChI is InChI=1S/C27H32N2O5/c1-17(15-25(30)31)28-26(32)22-13-3-2-4-14-24(22)29-27(33)34-16-23-20-11-7-5-9-18(20)19-10-6-8-12-21(19)23/h5-12,17,22-24H,2-4,13-16H2,1H3,(H,28,32)(H,29,33)(H,30,31)/t17-,22-,24+/m1/s1. The molecule has 2 aliphatic carbocycles. The molecule has 0 aliphatic heterocycles. The van der Waals surface area contributed by atoms with E-state index < -0.39 is 24.0 Å². The van der Waals surface area contributed by atoms with Crippen LogP contribution in [0.3, 0.4) is 0 Å². The van der Waals surface area contributed by atoms with Crippen molar-refractivity contribution in [3.8, 4) is 11.1 Å². The first-order chi connectivity index (χ1) is 16.4. The molecular formula is C27H32N2O5. The number of ether oxygens (including phenoxy) is 1. The Kier molecular flexibility index (Phi) is 7.50. The monoisotopic (exact) mass is 464 g/mol. The normalized spacial score (nSPS) is 20.4. The van der Waals surface area contributed by atoms with Crippen molar-refractivity contribution in [1.29, 1.82) is 0 Å². The molecule has 0 spiro atoms. The van der Waals surface area contributed by atoms with E-state index >= 15 is 0 Å². The van der Waals surface area contributed by atoms with Gasteiger partial charge in [-0.3, -0.25) is 9.59 Å². The SMILES string of the molecule is C[C@H](CC(=O)O)NC(=O)[C@@H]1CCCCC[C@@H]1NC(=O)OCC1c2ccccc2-c2ccccc21. The lowest BCUT2D eigenvalue weighted by Gasteiger charge is -2.26. The minimum absolute atomic E-state index is 0.0248. The second-order valence-electron chi connectivity index (χ2n) is 9.33. The fourth-order valence-electron chi connectivity index (χ4n) is 5.25. The maximum Gasteiger partial charge on any atom is 0.407 e. The highest BCUT2D eigenvalue weighted by molar-refractivity contribution is 5.82. The van der Waals surface area contributed by atoms with Crippen LogP contribution in [0.4, 0.5) is 4.79 Å². The Hall–Kier alpha value is -3.35.